The zero-order valence-corrected chi connectivity index (χ0v) is 20.4. The SMILES string of the molecule is CS(=O)(=O)N(CC#N)c1ccc(-c2ccnc(Nc3ccc(N4CCOCC4)c(C(O)O)c3)n2)cc1. The minimum absolute atomic E-state index is 0.283. The molecule has 0 radical (unpaired) electrons. The summed E-state index contributed by atoms with van der Waals surface area (Å²) in [5.41, 5.74) is 3.38. The number of anilines is 4. The maximum atomic E-state index is 12.0. The van der Waals surface area contributed by atoms with Crippen LogP contribution in [0.25, 0.3) is 11.3 Å². The Kier molecular flexibility index (Phi) is 7.66. The molecule has 12 heteroatoms. The number of nitrogens with one attached hydrogen (secondary N) is 1. The summed E-state index contributed by atoms with van der Waals surface area (Å²) in [6, 6.07) is 15.5. The fourth-order valence-electron chi connectivity index (χ4n) is 3.90. The van der Waals surface area contributed by atoms with Crippen LogP contribution in [0, 0.1) is 11.3 Å². The second-order valence-corrected chi connectivity index (χ2v) is 10.0. The Bertz CT molecular complexity index is 1350. The topological polar surface area (TPSA) is 152 Å². The Morgan fingerprint density at radius 3 is 2.53 bits per heavy atom. The summed E-state index contributed by atoms with van der Waals surface area (Å²) in [4.78, 5) is 10.8. The maximum absolute atomic E-state index is 12.0. The van der Waals surface area contributed by atoms with Crippen LogP contribution in [0.3, 0.4) is 0 Å². The van der Waals surface area contributed by atoms with Gasteiger partial charge in [0.25, 0.3) is 0 Å². The van der Waals surface area contributed by atoms with Gasteiger partial charge in [-0.05, 0) is 36.4 Å². The minimum atomic E-state index is -3.59. The molecule has 188 valence electrons. The highest BCUT2D eigenvalue weighted by atomic mass is 32.2. The summed E-state index contributed by atoms with van der Waals surface area (Å²) in [6.07, 6.45) is 0.985. The van der Waals surface area contributed by atoms with E-state index in [0.717, 1.165) is 21.8 Å². The zero-order valence-electron chi connectivity index (χ0n) is 19.6. The van der Waals surface area contributed by atoms with Gasteiger partial charge in [-0.15, -0.1) is 0 Å². The molecule has 0 aliphatic carbocycles. The summed E-state index contributed by atoms with van der Waals surface area (Å²) in [5.74, 6) is 0.302. The van der Waals surface area contributed by atoms with Gasteiger partial charge < -0.3 is 25.2 Å². The molecule has 1 fully saturated rings. The van der Waals surface area contributed by atoms with Gasteiger partial charge in [0.2, 0.25) is 16.0 Å². The number of nitriles is 1. The molecule has 0 spiro atoms. The summed E-state index contributed by atoms with van der Waals surface area (Å²) in [5, 5.41) is 31.9. The highest BCUT2D eigenvalue weighted by Crippen LogP contribution is 2.30. The molecule has 0 saturated carbocycles. The molecule has 0 bridgehead atoms. The van der Waals surface area contributed by atoms with Gasteiger partial charge in [-0.1, -0.05) is 12.1 Å². The lowest BCUT2D eigenvalue weighted by molar-refractivity contribution is -0.0421. The highest BCUT2D eigenvalue weighted by Gasteiger charge is 2.19. The summed E-state index contributed by atoms with van der Waals surface area (Å²) >= 11 is 0. The van der Waals surface area contributed by atoms with Crippen molar-refractivity contribution >= 4 is 33.0 Å². The van der Waals surface area contributed by atoms with Gasteiger partial charge in [-0.3, -0.25) is 4.31 Å². The molecule has 1 aromatic heterocycles. The standard InChI is InChI=1S/C24H26N6O5S/c1-36(33,34)30(11-9-25)19-5-2-17(3-6-19)21-8-10-26-24(28-21)27-18-4-7-22(20(16-18)23(31)32)29-12-14-35-15-13-29/h2-8,10,16,23,31-32H,11-15H2,1H3,(H,26,27,28). The average Bonchev–Trinajstić information content (AvgIpc) is 2.87. The van der Waals surface area contributed by atoms with Crippen molar-refractivity contribution in [1.29, 1.82) is 5.26 Å². The van der Waals surface area contributed by atoms with Gasteiger partial charge >= 0.3 is 0 Å². The first-order valence-electron chi connectivity index (χ1n) is 11.1. The summed E-state index contributed by atoms with van der Waals surface area (Å²) in [7, 11) is -3.59. The number of aliphatic hydroxyl groups is 2. The molecule has 2 aromatic carbocycles. The molecule has 36 heavy (non-hydrogen) atoms. The van der Waals surface area contributed by atoms with Crippen LogP contribution in [-0.4, -0.2) is 67.7 Å². The second kappa shape index (κ2) is 10.9. The number of sulfonamides is 1. The number of nitrogens with zero attached hydrogens (tertiary/aromatic N) is 5. The molecule has 3 N–H and O–H groups in total. The van der Waals surface area contributed by atoms with E-state index in [-0.39, 0.29) is 6.54 Å². The van der Waals surface area contributed by atoms with E-state index in [0.29, 0.717) is 54.9 Å². The van der Waals surface area contributed by atoms with Gasteiger partial charge in [-0.2, -0.15) is 5.26 Å². The lowest BCUT2D eigenvalue weighted by atomic mass is 10.1. The van der Waals surface area contributed by atoms with Crippen LogP contribution < -0.4 is 14.5 Å². The van der Waals surface area contributed by atoms with Crippen LogP contribution >= 0.6 is 0 Å². The van der Waals surface area contributed by atoms with Crippen LogP contribution in [0.4, 0.5) is 23.0 Å². The smallest absolute Gasteiger partial charge is 0.233 e. The molecule has 0 amide bonds. The van der Waals surface area contributed by atoms with Gasteiger partial charge in [0.1, 0.15) is 6.54 Å². The lowest BCUT2D eigenvalue weighted by Gasteiger charge is -2.31. The molecule has 1 saturated heterocycles. The van der Waals surface area contributed by atoms with Crippen LogP contribution in [0.2, 0.25) is 0 Å². The molecule has 3 aromatic rings. The molecule has 0 atom stereocenters. The molecule has 2 heterocycles. The van der Waals surface area contributed by atoms with E-state index in [1.54, 1.807) is 42.6 Å². The van der Waals surface area contributed by atoms with E-state index in [4.69, 9.17) is 10.00 Å². The van der Waals surface area contributed by atoms with E-state index in [1.807, 2.05) is 23.1 Å². The monoisotopic (exact) mass is 510 g/mol. The van der Waals surface area contributed by atoms with Crippen LogP contribution in [-0.2, 0) is 14.8 Å². The Labute approximate surface area is 209 Å². The third kappa shape index (κ3) is 5.89. The Morgan fingerprint density at radius 1 is 1.17 bits per heavy atom. The molecular formula is C24H26N6O5S. The van der Waals surface area contributed by atoms with Crippen molar-refractivity contribution in [2.24, 2.45) is 0 Å². The number of aliphatic hydroxyl groups excluding tert-OH is 1. The number of hydrogen-bond donors (Lipinski definition) is 3. The first kappa shape index (κ1) is 25.3. The summed E-state index contributed by atoms with van der Waals surface area (Å²) in [6.45, 7) is 2.19. The maximum Gasteiger partial charge on any atom is 0.233 e. The number of morpholine rings is 1. The van der Waals surface area contributed by atoms with Crippen LogP contribution in [0.1, 0.15) is 11.9 Å². The van der Waals surface area contributed by atoms with Gasteiger partial charge in [0, 0.05) is 41.8 Å². The highest BCUT2D eigenvalue weighted by molar-refractivity contribution is 7.92. The molecule has 11 nitrogen and oxygen atoms in total. The predicted octanol–water partition coefficient (Wildman–Crippen LogP) is 2.00. The number of hydrogen-bond acceptors (Lipinski definition) is 10. The Morgan fingerprint density at radius 2 is 1.89 bits per heavy atom. The largest absolute Gasteiger partial charge is 0.378 e. The number of benzene rings is 2. The first-order chi connectivity index (χ1) is 17.3. The quantitative estimate of drug-likeness (QED) is 0.303. The van der Waals surface area contributed by atoms with Crippen molar-refractivity contribution in [2.75, 3.05) is 53.6 Å². The van der Waals surface area contributed by atoms with Crippen molar-refractivity contribution in [2.45, 2.75) is 6.29 Å². The fourth-order valence-corrected chi connectivity index (χ4v) is 4.70. The molecule has 1 aliphatic rings. The zero-order chi connectivity index (χ0) is 25.7. The van der Waals surface area contributed by atoms with Crippen molar-refractivity contribution in [3.8, 4) is 17.3 Å². The third-order valence-electron chi connectivity index (χ3n) is 5.63. The van der Waals surface area contributed by atoms with E-state index in [9.17, 15) is 18.6 Å². The fraction of sp³-hybridized carbons (Fsp3) is 0.292. The Balaban J connectivity index is 1.55. The normalized spacial score (nSPS) is 13.9. The van der Waals surface area contributed by atoms with Crippen molar-refractivity contribution in [3.05, 3.63) is 60.3 Å². The van der Waals surface area contributed by atoms with Gasteiger partial charge in [0.15, 0.2) is 6.29 Å². The number of aromatic nitrogens is 2. The molecular weight excluding hydrogens is 484 g/mol. The van der Waals surface area contributed by atoms with E-state index in [1.165, 1.54) is 0 Å². The van der Waals surface area contributed by atoms with Crippen LogP contribution in [0.15, 0.2) is 54.7 Å². The molecule has 4 rings (SSSR count). The van der Waals surface area contributed by atoms with Crippen molar-refractivity contribution < 1.29 is 23.4 Å². The van der Waals surface area contributed by atoms with Gasteiger partial charge in [0.05, 0.1) is 36.9 Å². The average molecular weight is 511 g/mol. The first-order valence-corrected chi connectivity index (χ1v) is 13.0. The lowest BCUT2D eigenvalue weighted by Crippen LogP contribution is -2.37. The van der Waals surface area contributed by atoms with E-state index < -0.39 is 16.3 Å². The molecule has 1 aliphatic heterocycles. The number of ether oxygens (including phenoxy) is 1. The number of rotatable bonds is 8. The second-order valence-electron chi connectivity index (χ2n) is 8.11. The summed E-state index contributed by atoms with van der Waals surface area (Å²) < 4.78 is 30.4. The molecule has 0 unspecified atom stereocenters. The van der Waals surface area contributed by atoms with E-state index in [2.05, 4.69) is 15.3 Å². The van der Waals surface area contributed by atoms with Crippen molar-refractivity contribution in [1.82, 2.24) is 9.97 Å². The Hall–Kier alpha value is -3.76. The van der Waals surface area contributed by atoms with Crippen LogP contribution in [0.5, 0.6) is 0 Å². The third-order valence-corrected chi connectivity index (χ3v) is 6.78. The predicted molar refractivity (Wildman–Crippen MR) is 135 cm³/mol. The van der Waals surface area contributed by atoms with Gasteiger partial charge in [-0.25, -0.2) is 18.4 Å². The van der Waals surface area contributed by atoms with E-state index >= 15 is 0 Å². The van der Waals surface area contributed by atoms with Crippen molar-refractivity contribution in [3.63, 3.8) is 0 Å². The minimum Gasteiger partial charge on any atom is -0.378 e.